The van der Waals surface area contributed by atoms with Crippen molar-refractivity contribution in [2.24, 2.45) is 5.92 Å². The molecule has 0 bridgehead atoms. The van der Waals surface area contributed by atoms with Gasteiger partial charge < -0.3 is 10.8 Å². The van der Waals surface area contributed by atoms with Gasteiger partial charge in [0.25, 0.3) is 0 Å². The Labute approximate surface area is 113 Å². The van der Waals surface area contributed by atoms with Gasteiger partial charge in [0.15, 0.2) is 0 Å². The molecule has 1 aliphatic heterocycles. The Morgan fingerprint density at radius 3 is 3.00 bits per heavy atom. The smallest absolute Gasteiger partial charge is 0.130 e. The number of anilines is 1. The van der Waals surface area contributed by atoms with Gasteiger partial charge in [0, 0.05) is 25.2 Å². The second-order valence-corrected chi connectivity index (χ2v) is 5.45. The van der Waals surface area contributed by atoms with E-state index in [2.05, 4.69) is 27.9 Å². The van der Waals surface area contributed by atoms with Crippen molar-refractivity contribution in [1.82, 2.24) is 14.9 Å². The minimum atomic E-state index is -0.193. The summed E-state index contributed by atoms with van der Waals surface area (Å²) in [6.07, 6.45) is 5.37. The molecular weight excluding hydrogens is 240 g/mol. The minimum Gasteiger partial charge on any atom is -0.391 e. The third kappa shape index (κ3) is 2.24. The van der Waals surface area contributed by atoms with Crippen LogP contribution in [-0.4, -0.2) is 45.7 Å². The number of hydrogen-bond donors (Lipinski definition) is 2. The summed E-state index contributed by atoms with van der Waals surface area (Å²) in [6, 6.07) is 0. The number of rotatable bonds is 3. The van der Waals surface area contributed by atoms with Crippen molar-refractivity contribution in [3.05, 3.63) is 23.7 Å². The summed E-state index contributed by atoms with van der Waals surface area (Å²) in [4.78, 5) is 10.7. The molecule has 3 N–H and O–H groups in total. The molecule has 1 unspecified atom stereocenters. The number of likely N-dealkylation sites (tertiary alicyclic amines) is 1. The quantitative estimate of drug-likeness (QED) is 0.837. The van der Waals surface area contributed by atoms with Crippen LogP contribution in [0.4, 0.5) is 5.82 Å². The molecule has 1 aliphatic carbocycles. The molecule has 102 valence electrons. The molecule has 19 heavy (non-hydrogen) atoms. The van der Waals surface area contributed by atoms with Crippen LogP contribution in [0.1, 0.15) is 24.6 Å². The second-order valence-electron chi connectivity index (χ2n) is 5.45. The number of aliphatic hydroxyl groups is 1. The molecule has 3 rings (SSSR count). The predicted octanol–water partition coefficient (Wildman–Crippen LogP) is 0.701. The summed E-state index contributed by atoms with van der Waals surface area (Å²) in [5.74, 6) is 0.987. The Morgan fingerprint density at radius 2 is 2.26 bits per heavy atom. The molecular formula is C14H20N4O. The van der Waals surface area contributed by atoms with E-state index in [1.807, 2.05) is 0 Å². The number of aromatic nitrogens is 2. The molecule has 1 aromatic heterocycles. The van der Waals surface area contributed by atoms with Crippen LogP contribution in [0.5, 0.6) is 0 Å². The standard InChI is InChI=1S/C14H20N4O/c1-2-9-5-18(7-12(9)19)6-10-3-4-11-13(10)16-8-17-14(11)15/h3,8-9,12,19H,2,4-7H2,1H3,(H2,15,16,17)/t9-,12?/m0/s1. The molecule has 0 saturated carbocycles. The summed E-state index contributed by atoms with van der Waals surface area (Å²) in [7, 11) is 0. The van der Waals surface area contributed by atoms with Crippen LogP contribution in [0.25, 0.3) is 5.57 Å². The number of hydrogen-bond acceptors (Lipinski definition) is 5. The highest BCUT2D eigenvalue weighted by Crippen LogP contribution is 2.30. The van der Waals surface area contributed by atoms with Gasteiger partial charge in [-0.1, -0.05) is 13.0 Å². The molecule has 0 radical (unpaired) electrons. The first-order valence-corrected chi connectivity index (χ1v) is 6.88. The second kappa shape index (κ2) is 4.90. The molecule has 5 nitrogen and oxygen atoms in total. The number of nitrogens with two attached hydrogens (primary N) is 1. The highest BCUT2D eigenvalue weighted by atomic mass is 16.3. The van der Waals surface area contributed by atoms with Gasteiger partial charge in [-0.15, -0.1) is 0 Å². The predicted molar refractivity (Wildman–Crippen MR) is 74.4 cm³/mol. The maximum absolute atomic E-state index is 9.97. The lowest BCUT2D eigenvalue weighted by Crippen LogP contribution is -2.24. The van der Waals surface area contributed by atoms with Gasteiger partial charge in [0.05, 0.1) is 11.8 Å². The first-order chi connectivity index (χ1) is 9.19. The van der Waals surface area contributed by atoms with E-state index in [-0.39, 0.29) is 6.10 Å². The van der Waals surface area contributed by atoms with E-state index in [4.69, 9.17) is 5.73 Å². The Bertz CT molecular complexity index is 514. The van der Waals surface area contributed by atoms with Crippen LogP contribution < -0.4 is 5.73 Å². The van der Waals surface area contributed by atoms with Crippen molar-refractivity contribution >= 4 is 11.4 Å². The van der Waals surface area contributed by atoms with Gasteiger partial charge in [-0.05, 0) is 24.3 Å². The zero-order valence-electron chi connectivity index (χ0n) is 11.2. The first kappa shape index (κ1) is 12.6. The SMILES string of the molecule is CC[C@H]1CN(CC2=CCc3c(N)ncnc32)CC1O. The van der Waals surface area contributed by atoms with Gasteiger partial charge in [-0.25, -0.2) is 9.97 Å². The van der Waals surface area contributed by atoms with E-state index < -0.39 is 0 Å². The number of β-amino-alcohol motifs (C(OH)–C–C–N with tert-alkyl or cyclic N) is 1. The Balaban J connectivity index is 1.72. The van der Waals surface area contributed by atoms with E-state index in [0.29, 0.717) is 11.7 Å². The van der Waals surface area contributed by atoms with E-state index in [9.17, 15) is 5.11 Å². The summed E-state index contributed by atoms with van der Waals surface area (Å²) < 4.78 is 0. The molecule has 0 amide bonds. The maximum Gasteiger partial charge on any atom is 0.130 e. The van der Waals surface area contributed by atoms with Gasteiger partial charge >= 0.3 is 0 Å². The molecule has 1 saturated heterocycles. The zero-order valence-corrected chi connectivity index (χ0v) is 11.2. The van der Waals surface area contributed by atoms with E-state index in [1.54, 1.807) is 0 Å². The lowest BCUT2D eigenvalue weighted by atomic mass is 10.0. The lowest BCUT2D eigenvalue weighted by Gasteiger charge is -2.16. The van der Waals surface area contributed by atoms with Crippen molar-refractivity contribution in [2.75, 3.05) is 25.4 Å². The number of aliphatic hydroxyl groups excluding tert-OH is 1. The normalized spacial score (nSPS) is 26.5. The zero-order chi connectivity index (χ0) is 13.4. The van der Waals surface area contributed by atoms with Crippen LogP contribution in [0.2, 0.25) is 0 Å². The van der Waals surface area contributed by atoms with Crippen molar-refractivity contribution in [2.45, 2.75) is 25.9 Å². The van der Waals surface area contributed by atoms with E-state index in [1.165, 1.54) is 11.9 Å². The highest BCUT2D eigenvalue weighted by molar-refractivity contribution is 5.74. The first-order valence-electron chi connectivity index (χ1n) is 6.88. The molecule has 0 aromatic carbocycles. The molecule has 2 atom stereocenters. The van der Waals surface area contributed by atoms with Crippen LogP contribution in [0.3, 0.4) is 0 Å². The van der Waals surface area contributed by atoms with E-state index >= 15 is 0 Å². The van der Waals surface area contributed by atoms with Crippen LogP contribution >= 0.6 is 0 Å². The highest BCUT2D eigenvalue weighted by Gasteiger charge is 2.31. The molecule has 1 aromatic rings. The van der Waals surface area contributed by atoms with Gasteiger partial charge in [0.1, 0.15) is 12.1 Å². The summed E-state index contributed by atoms with van der Waals surface area (Å²) in [5, 5.41) is 9.97. The third-order valence-electron chi connectivity index (χ3n) is 4.24. The van der Waals surface area contributed by atoms with Gasteiger partial charge in [-0.2, -0.15) is 0 Å². The van der Waals surface area contributed by atoms with Crippen molar-refractivity contribution in [1.29, 1.82) is 0 Å². The van der Waals surface area contributed by atoms with Crippen LogP contribution in [-0.2, 0) is 6.42 Å². The fourth-order valence-electron chi connectivity index (χ4n) is 3.08. The van der Waals surface area contributed by atoms with E-state index in [0.717, 1.165) is 43.7 Å². The molecule has 5 heteroatoms. The number of allylic oxidation sites excluding steroid dienone is 1. The van der Waals surface area contributed by atoms with Crippen molar-refractivity contribution in [3.63, 3.8) is 0 Å². The van der Waals surface area contributed by atoms with Crippen molar-refractivity contribution in [3.8, 4) is 0 Å². The average Bonchev–Trinajstić information content (AvgIpc) is 2.95. The Morgan fingerprint density at radius 1 is 1.42 bits per heavy atom. The number of nitrogen functional groups attached to an aromatic ring is 1. The largest absolute Gasteiger partial charge is 0.391 e. The van der Waals surface area contributed by atoms with Gasteiger partial charge in [-0.3, -0.25) is 4.90 Å². The Hall–Kier alpha value is -1.46. The fraction of sp³-hybridized carbons (Fsp3) is 0.571. The summed E-state index contributed by atoms with van der Waals surface area (Å²) >= 11 is 0. The monoisotopic (exact) mass is 260 g/mol. The lowest BCUT2D eigenvalue weighted by molar-refractivity contribution is 0.141. The van der Waals surface area contributed by atoms with Crippen LogP contribution in [0, 0.1) is 5.92 Å². The summed E-state index contributed by atoms with van der Waals surface area (Å²) in [5.41, 5.74) is 9.12. The fourth-order valence-corrected chi connectivity index (χ4v) is 3.08. The van der Waals surface area contributed by atoms with Crippen molar-refractivity contribution < 1.29 is 5.11 Å². The molecule has 2 heterocycles. The average molecular weight is 260 g/mol. The number of nitrogens with zero attached hydrogens (tertiary/aromatic N) is 3. The summed E-state index contributed by atoms with van der Waals surface area (Å²) in [6.45, 7) is 4.70. The number of fused-ring (bicyclic) bond motifs is 1. The molecule has 1 fully saturated rings. The third-order valence-corrected chi connectivity index (χ3v) is 4.24. The maximum atomic E-state index is 9.97. The molecule has 0 spiro atoms. The van der Waals surface area contributed by atoms with Gasteiger partial charge in [0.2, 0.25) is 0 Å². The van der Waals surface area contributed by atoms with Crippen LogP contribution in [0.15, 0.2) is 12.4 Å². The Kier molecular flexibility index (Phi) is 3.24. The topological polar surface area (TPSA) is 75.3 Å². The molecule has 2 aliphatic rings. The minimum absolute atomic E-state index is 0.193.